The Labute approximate surface area is 111 Å². The predicted octanol–water partition coefficient (Wildman–Crippen LogP) is 2.24. The van der Waals surface area contributed by atoms with Crippen LogP contribution in [0.5, 0.6) is 0 Å². The van der Waals surface area contributed by atoms with Crippen molar-refractivity contribution in [3.05, 3.63) is 57.8 Å². The van der Waals surface area contributed by atoms with E-state index in [1.165, 1.54) is 16.8 Å². The molecule has 0 fully saturated rings. The lowest BCUT2D eigenvalue weighted by atomic mass is 10.2. The summed E-state index contributed by atoms with van der Waals surface area (Å²) < 4.78 is 1.17. The van der Waals surface area contributed by atoms with Crippen molar-refractivity contribution in [2.75, 3.05) is 5.32 Å². The highest BCUT2D eigenvalue weighted by molar-refractivity contribution is 7.17. The first-order valence-electron chi connectivity index (χ1n) is 5.57. The van der Waals surface area contributed by atoms with Gasteiger partial charge in [-0.2, -0.15) is 5.10 Å². The molecule has 0 aliphatic heterocycles. The second kappa shape index (κ2) is 4.66. The summed E-state index contributed by atoms with van der Waals surface area (Å²) >= 11 is 1.65. The number of thiophene rings is 1. The molecule has 1 aromatic carbocycles. The fraction of sp³-hybridized carbons (Fsp3) is 0. The zero-order valence-electron chi connectivity index (χ0n) is 9.71. The van der Waals surface area contributed by atoms with Gasteiger partial charge in [0.2, 0.25) is 0 Å². The molecule has 0 atom stereocenters. The number of aromatic nitrogens is 2. The topological polar surface area (TPSA) is 74.8 Å². The highest BCUT2D eigenvalue weighted by Gasteiger charge is 2.08. The molecule has 5 nitrogen and oxygen atoms in total. The molecule has 0 bridgehead atoms. The molecule has 19 heavy (non-hydrogen) atoms. The van der Waals surface area contributed by atoms with Crippen molar-refractivity contribution in [3.8, 4) is 0 Å². The summed E-state index contributed by atoms with van der Waals surface area (Å²) in [5.74, 6) is -0.356. The van der Waals surface area contributed by atoms with Crippen molar-refractivity contribution in [1.29, 1.82) is 0 Å². The Balaban J connectivity index is 1.85. The molecule has 0 spiro atoms. The van der Waals surface area contributed by atoms with Crippen molar-refractivity contribution in [2.24, 2.45) is 0 Å². The molecule has 3 rings (SSSR count). The van der Waals surface area contributed by atoms with Crippen molar-refractivity contribution in [3.63, 3.8) is 0 Å². The molecule has 3 aromatic rings. The van der Waals surface area contributed by atoms with Crippen LogP contribution in [0, 0.1) is 0 Å². The third kappa shape index (κ3) is 2.38. The number of aromatic amines is 1. The first kappa shape index (κ1) is 11.6. The van der Waals surface area contributed by atoms with Crippen molar-refractivity contribution < 1.29 is 4.79 Å². The predicted molar refractivity (Wildman–Crippen MR) is 74.6 cm³/mol. The Hall–Kier alpha value is -2.47. The first-order valence-corrected chi connectivity index (χ1v) is 6.45. The Kier molecular flexibility index (Phi) is 2.85. The van der Waals surface area contributed by atoms with E-state index >= 15 is 0 Å². The molecule has 0 aliphatic carbocycles. The summed E-state index contributed by atoms with van der Waals surface area (Å²) in [4.78, 5) is 22.8. The van der Waals surface area contributed by atoms with Crippen molar-refractivity contribution in [1.82, 2.24) is 10.2 Å². The molecule has 1 amide bonds. The first-order chi connectivity index (χ1) is 9.22. The van der Waals surface area contributed by atoms with Gasteiger partial charge in [-0.15, -0.1) is 11.3 Å². The average Bonchev–Trinajstić information content (AvgIpc) is 2.87. The van der Waals surface area contributed by atoms with E-state index in [0.717, 1.165) is 5.39 Å². The minimum absolute atomic E-state index is 0.171. The maximum atomic E-state index is 11.9. The average molecular weight is 271 g/mol. The van der Waals surface area contributed by atoms with Gasteiger partial charge in [0, 0.05) is 16.5 Å². The lowest BCUT2D eigenvalue weighted by molar-refractivity contribution is 0.102. The van der Waals surface area contributed by atoms with E-state index < -0.39 is 0 Å². The molecule has 2 aromatic heterocycles. The summed E-state index contributed by atoms with van der Waals surface area (Å²) in [6, 6.07) is 10.3. The second-order valence-electron chi connectivity index (χ2n) is 3.93. The number of carbonyl (C=O) groups is 1. The fourth-order valence-corrected chi connectivity index (χ4v) is 2.48. The number of nitrogens with zero attached hydrogens (tertiary/aromatic N) is 1. The van der Waals surface area contributed by atoms with E-state index in [2.05, 4.69) is 15.5 Å². The van der Waals surface area contributed by atoms with E-state index in [9.17, 15) is 9.59 Å². The third-order valence-corrected chi connectivity index (χ3v) is 3.52. The van der Waals surface area contributed by atoms with Crippen LogP contribution in [0.1, 0.15) is 10.5 Å². The lowest BCUT2D eigenvalue weighted by Gasteiger charge is -2.04. The number of hydrogen-bond donors (Lipinski definition) is 2. The Morgan fingerprint density at radius 2 is 2.11 bits per heavy atom. The number of benzene rings is 1. The van der Waals surface area contributed by atoms with Crippen LogP contribution in [-0.2, 0) is 0 Å². The molecule has 2 heterocycles. The number of H-pyrrole nitrogens is 1. The van der Waals surface area contributed by atoms with E-state index in [0.29, 0.717) is 5.69 Å². The number of fused-ring (bicyclic) bond motifs is 1. The van der Waals surface area contributed by atoms with Gasteiger partial charge in [0.25, 0.3) is 11.5 Å². The van der Waals surface area contributed by atoms with Gasteiger partial charge < -0.3 is 5.32 Å². The van der Waals surface area contributed by atoms with Crippen LogP contribution < -0.4 is 10.9 Å². The van der Waals surface area contributed by atoms with Crippen LogP contribution in [0.2, 0.25) is 0 Å². The normalized spacial score (nSPS) is 10.5. The number of carbonyl (C=O) groups excluding carboxylic acids is 1. The summed E-state index contributed by atoms with van der Waals surface area (Å²) in [7, 11) is 0. The molecule has 2 N–H and O–H groups in total. The number of rotatable bonds is 2. The monoisotopic (exact) mass is 271 g/mol. The molecule has 0 saturated heterocycles. The molecular formula is C13H9N3O2S. The Morgan fingerprint density at radius 3 is 2.89 bits per heavy atom. The molecule has 0 saturated carbocycles. The standard InChI is InChI=1S/C13H9N3O2S/c17-12-4-2-10(15-16-12)13(18)14-9-1-3-11-8(7-9)5-6-19-11/h1-7H,(H,14,18)(H,16,17). The van der Waals surface area contributed by atoms with Crippen LogP contribution in [0.4, 0.5) is 5.69 Å². The van der Waals surface area contributed by atoms with Crippen LogP contribution in [0.25, 0.3) is 10.1 Å². The second-order valence-corrected chi connectivity index (χ2v) is 4.88. The molecule has 0 aliphatic rings. The maximum Gasteiger partial charge on any atom is 0.276 e. The van der Waals surface area contributed by atoms with Crippen LogP contribution in [0.15, 0.2) is 46.6 Å². The SMILES string of the molecule is O=C(Nc1ccc2sccc2c1)c1ccc(=O)[nH]n1. The smallest absolute Gasteiger partial charge is 0.276 e. The summed E-state index contributed by atoms with van der Waals surface area (Å²) in [5.41, 5.74) is 0.533. The summed E-state index contributed by atoms with van der Waals surface area (Å²) in [5, 5.41) is 11.7. The highest BCUT2D eigenvalue weighted by atomic mass is 32.1. The lowest BCUT2D eigenvalue weighted by Crippen LogP contribution is -2.17. The minimum atomic E-state index is -0.356. The van der Waals surface area contributed by atoms with Gasteiger partial charge >= 0.3 is 0 Å². The van der Waals surface area contributed by atoms with Gasteiger partial charge in [0.15, 0.2) is 0 Å². The Bertz CT molecular complexity index is 786. The fourth-order valence-electron chi connectivity index (χ4n) is 1.71. The van der Waals surface area contributed by atoms with Crippen molar-refractivity contribution in [2.45, 2.75) is 0 Å². The minimum Gasteiger partial charge on any atom is -0.321 e. The molecule has 94 valence electrons. The molecule has 0 radical (unpaired) electrons. The number of amides is 1. The van der Waals surface area contributed by atoms with Crippen LogP contribution in [0.3, 0.4) is 0 Å². The zero-order valence-corrected chi connectivity index (χ0v) is 10.5. The van der Waals surface area contributed by atoms with Crippen LogP contribution in [-0.4, -0.2) is 16.1 Å². The summed E-state index contributed by atoms with van der Waals surface area (Å²) in [6.45, 7) is 0. The van der Waals surface area contributed by atoms with Gasteiger partial charge in [-0.25, -0.2) is 5.10 Å². The highest BCUT2D eigenvalue weighted by Crippen LogP contribution is 2.24. The van der Waals surface area contributed by atoms with E-state index in [-0.39, 0.29) is 17.2 Å². The van der Waals surface area contributed by atoms with E-state index in [1.807, 2.05) is 29.6 Å². The molecule has 0 unspecified atom stereocenters. The summed E-state index contributed by atoms with van der Waals surface area (Å²) in [6.07, 6.45) is 0. The maximum absolute atomic E-state index is 11.9. The van der Waals surface area contributed by atoms with Gasteiger partial charge in [0.05, 0.1) is 0 Å². The number of nitrogens with one attached hydrogen (secondary N) is 2. The number of hydrogen-bond acceptors (Lipinski definition) is 4. The quantitative estimate of drug-likeness (QED) is 0.750. The van der Waals surface area contributed by atoms with Gasteiger partial charge in [-0.05, 0) is 41.1 Å². The van der Waals surface area contributed by atoms with Gasteiger partial charge in [-0.1, -0.05) is 0 Å². The van der Waals surface area contributed by atoms with Crippen molar-refractivity contribution >= 4 is 33.0 Å². The van der Waals surface area contributed by atoms with Gasteiger partial charge in [-0.3, -0.25) is 9.59 Å². The van der Waals surface area contributed by atoms with Crippen LogP contribution >= 0.6 is 11.3 Å². The van der Waals surface area contributed by atoms with Gasteiger partial charge in [0.1, 0.15) is 5.69 Å². The van der Waals surface area contributed by atoms with E-state index in [4.69, 9.17) is 0 Å². The van der Waals surface area contributed by atoms with E-state index in [1.54, 1.807) is 11.3 Å². The zero-order chi connectivity index (χ0) is 13.2. The molecular weight excluding hydrogens is 262 g/mol. The largest absolute Gasteiger partial charge is 0.321 e. The molecule has 6 heteroatoms. The Morgan fingerprint density at radius 1 is 1.21 bits per heavy atom. The number of anilines is 1. The third-order valence-electron chi connectivity index (χ3n) is 2.62.